The van der Waals surface area contributed by atoms with Gasteiger partial charge in [0.1, 0.15) is 0 Å². The fraction of sp³-hybridized carbons (Fsp3) is 1.00. The molecule has 1 saturated carbocycles. The minimum Gasteiger partial charge on any atom is -0.392 e. The second-order valence-corrected chi connectivity index (χ2v) is 5.58. The van der Waals surface area contributed by atoms with Gasteiger partial charge in [0.05, 0.1) is 6.10 Å². The van der Waals surface area contributed by atoms with Crippen LogP contribution in [-0.2, 0) is 0 Å². The topological polar surface area (TPSA) is 23.5 Å². The van der Waals surface area contributed by atoms with Crippen molar-refractivity contribution in [2.45, 2.75) is 38.2 Å². The SMILES string of the molecule is OC1CCCN(CC2(CBr)CCC2)C1. The summed E-state index contributed by atoms with van der Waals surface area (Å²) in [7, 11) is 0. The first-order chi connectivity index (χ1) is 6.74. The number of hydrogen-bond acceptors (Lipinski definition) is 2. The van der Waals surface area contributed by atoms with E-state index in [-0.39, 0.29) is 6.10 Å². The van der Waals surface area contributed by atoms with Crippen LogP contribution in [0.15, 0.2) is 0 Å². The number of β-amino-alcohol motifs (C(OH)–C–C–N with tert-alkyl or cyclic N) is 1. The normalized spacial score (nSPS) is 32.6. The first-order valence-electron chi connectivity index (χ1n) is 5.70. The maximum Gasteiger partial charge on any atom is 0.0667 e. The maximum absolute atomic E-state index is 9.59. The van der Waals surface area contributed by atoms with Gasteiger partial charge in [-0.15, -0.1) is 0 Å². The van der Waals surface area contributed by atoms with Gasteiger partial charge in [0.25, 0.3) is 0 Å². The summed E-state index contributed by atoms with van der Waals surface area (Å²) in [5, 5.41) is 10.7. The Morgan fingerprint density at radius 3 is 2.64 bits per heavy atom. The van der Waals surface area contributed by atoms with Gasteiger partial charge in [-0.2, -0.15) is 0 Å². The molecule has 1 N–H and O–H groups in total. The zero-order chi connectivity index (χ0) is 10.0. The third-order valence-corrected chi connectivity index (χ3v) is 4.93. The lowest BCUT2D eigenvalue weighted by atomic mass is 9.70. The van der Waals surface area contributed by atoms with Gasteiger partial charge >= 0.3 is 0 Å². The van der Waals surface area contributed by atoms with E-state index in [1.165, 1.54) is 38.8 Å². The molecule has 0 amide bonds. The Balaban J connectivity index is 1.83. The summed E-state index contributed by atoms with van der Waals surface area (Å²) < 4.78 is 0. The van der Waals surface area contributed by atoms with Gasteiger partial charge in [-0.1, -0.05) is 22.4 Å². The van der Waals surface area contributed by atoms with Crippen LogP contribution in [0.2, 0.25) is 0 Å². The van der Waals surface area contributed by atoms with Gasteiger partial charge in [-0.05, 0) is 37.6 Å². The Morgan fingerprint density at radius 2 is 2.14 bits per heavy atom. The van der Waals surface area contributed by atoms with E-state index in [2.05, 4.69) is 20.8 Å². The fourth-order valence-corrected chi connectivity index (χ4v) is 3.40. The quantitative estimate of drug-likeness (QED) is 0.786. The first-order valence-corrected chi connectivity index (χ1v) is 6.83. The Hall–Kier alpha value is 0.400. The van der Waals surface area contributed by atoms with Crippen molar-refractivity contribution in [3.8, 4) is 0 Å². The second kappa shape index (κ2) is 4.50. The molecule has 0 aromatic rings. The van der Waals surface area contributed by atoms with E-state index in [1.54, 1.807) is 0 Å². The van der Waals surface area contributed by atoms with Crippen LogP contribution in [0.4, 0.5) is 0 Å². The lowest BCUT2D eigenvalue weighted by Gasteiger charge is -2.45. The summed E-state index contributed by atoms with van der Waals surface area (Å²) in [6.07, 6.45) is 6.21. The van der Waals surface area contributed by atoms with Gasteiger partial charge in [-0.25, -0.2) is 0 Å². The Labute approximate surface area is 94.8 Å². The Morgan fingerprint density at radius 1 is 1.36 bits per heavy atom. The predicted molar refractivity (Wildman–Crippen MR) is 61.8 cm³/mol. The van der Waals surface area contributed by atoms with E-state index in [0.717, 1.165) is 18.3 Å². The summed E-state index contributed by atoms with van der Waals surface area (Å²) in [6.45, 7) is 3.27. The van der Waals surface area contributed by atoms with Crippen LogP contribution < -0.4 is 0 Å². The van der Waals surface area contributed by atoms with E-state index in [9.17, 15) is 5.11 Å². The molecular formula is C11H20BrNO. The number of halogens is 1. The number of aliphatic hydroxyl groups is 1. The maximum atomic E-state index is 9.59. The number of alkyl halides is 1. The summed E-state index contributed by atoms with van der Waals surface area (Å²) in [4.78, 5) is 2.45. The number of piperidine rings is 1. The van der Waals surface area contributed by atoms with Gasteiger partial charge < -0.3 is 10.0 Å². The standard InChI is InChI=1S/C11H20BrNO/c12-8-11(4-2-5-11)9-13-6-1-3-10(14)7-13/h10,14H,1-9H2. The number of nitrogens with zero attached hydrogens (tertiary/aromatic N) is 1. The molecule has 2 aliphatic rings. The highest BCUT2D eigenvalue weighted by molar-refractivity contribution is 9.09. The lowest BCUT2D eigenvalue weighted by Crippen LogP contribution is -2.48. The molecule has 3 heteroatoms. The minimum absolute atomic E-state index is 0.0730. The van der Waals surface area contributed by atoms with Crippen LogP contribution in [0.3, 0.4) is 0 Å². The van der Waals surface area contributed by atoms with Crippen LogP contribution >= 0.6 is 15.9 Å². The van der Waals surface area contributed by atoms with Crippen LogP contribution in [0.5, 0.6) is 0 Å². The van der Waals surface area contributed by atoms with Gasteiger partial charge in [-0.3, -0.25) is 0 Å². The number of likely N-dealkylation sites (tertiary alicyclic amines) is 1. The number of aliphatic hydroxyl groups excluding tert-OH is 1. The van der Waals surface area contributed by atoms with Gasteiger partial charge in [0.2, 0.25) is 0 Å². The van der Waals surface area contributed by atoms with Crippen LogP contribution in [0.1, 0.15) is 32.1 Å². The van der Waals surface area contributed by atoms with Crippen LogP contribution in [0, 0.1) is 5.41 Å². The molecule has 0 aromatic carbocycles. The van der Waals surface area contributed by atoms with Gasteiger partial charge in [0, 0.05) is 18.4 Å². The molecule has 0 aromatic heterocycles. The van der Waals surface area contributed by atoms with Crippen molar-refractivity contribution in [3.63, 3.8) is 0 Å². The Kier molecular flexibility index (Phi) is 3.50. The molecule has 1 aliphatic heterocycles. The van der Waals surface area contributed by atoms with E-state index in [4.69, 9.17) is 0 Å². The largest absolute Gasteiger partial charge is 0.392 e. The van der Waals surface area contributed by atoms with Crippen molar-refractivity contribution >= 4 is 15.9 Å². The third-order valence-electron chi connectivity index (χ3n) is 3.74. The van der Waals surface area contributed by atoms with Crippen molar-refractivity contribution in [2.24, 2.45) is 5.41 Å². The lowest BCUT2D eigenvalue weighted by molar-refractivity contribution is 0.0256. The molecular weight excluding hydrogens is 242 g/mol. The van der Waals surface area contributed by atoms with Crippen molar-refractivity contribution in [1.29, 1.82) is 0 Å². The Bertz CT molecular complexity index is 188. The molecule has 2 nitrogen and oxygen atoms in total. The zero-order valence-corrected chi connectivity index (χ0v) is 10.3. The summed E-state index contributed by atoms with van der Waals surface area (Å²) >= 11 is 3.64. The molecule has 0 bridgehead atoms. The smallest absolute Gasteiger partial charge is 0.0667 e. The second-order valence-electron chi connectivity index (χ2n) is 5.02. The molecule has 1 aliphatic carbocycles. The highest BCUT2D eigenvalue weighted by atomic mass is 79.9. The highest BCUT2D eigenvalue weighted by Crippen LogP contribution is 2.43. The van der Waals surface area contributed by atoms with Crippen molar-refractivity contribution in [1.82, 2.24) is 4.90 Å². The van der Waals surface area contributed by atoms with Gasteiger partial charge in [0.15, 0.2) is 0 Å². The first kappa shape index (κ1) is 10.9. The number of hydrogen-bond donors (Lipinski definition) is 1. The zero-order valence-electron chi connectivity index (χ0n) is 8.71. The highest BCUT2D eigenvalue weighted by Gasteiger charge is 2.38. The average molecular weight is 262 g/mol. The monoisotopic (exact) mass is 261 g/mol. The van der Waals surface area contributed by atoms with E-state index >= 15 is 0 Å². The molecule has 0 spiro atoms. The van der Waals surface area contributed by atoms with E-state index in [1.807, 2.05) is 0 Å². The summed E-state index contributed by atoms with van der Waals surface area (Å²) in [5.41, 5.74) is 0.539. The molecule has 2 rings (SSSR count). The minimum atomic E-state index is -0.0730. The van der Waals surface area contributed by atoms with Crippen LogP contribution in [-0.4, -0.2) is 41.1 Å². The number of rotatable bonds is 3. The summed E-state index contributed by atoms with van der Waals surface area (Å²) in [5.74, 6) is 0. The van der Waals surface area contributed by atoms with Crippen LogP contribution in [0.25, 0.3) is 0 Å². The molecule has 2 fully saturated rings. The van der Waals surface area contributed by atoms with Crippen molar-refractivity contribution in [2.75, 3.05) is 25.0 Å². The molecule has 1 atom stereocenters. The fourth-order valence-electron chi connectivity index (χ4n) is 2.66. The summed E-state index contributed by atoms with van der Waals surface area (Å²) in [6, 6.07) is 0. The molecule has 1 unspecified atom stereocenters. The predicted octanol–water partition coefficient (Wildman–Crippen LogP) is 2.01. The van der Waals surface area contributed by atoms with E-state index < -0.39 is 0 Å². The molecule has 1 heterocycles. The third kappa shape index (κ3) is 2.31. The van der Waals surface area contributed by atoms with E-state index in [0.29, 0.717) is 5.41 Å². The molecule has 14 heavy (non-hydrogen) atoms. The molecule has 1 saturated heterocycles. The van der Waals surface area contributed by atoms with Crippen molar-refractivity contribution in [3.05, 3.63) is 0 Å². The molecule has 0 radical (unpaired) electrons. The average Bonchev–Trinajstić information content (AvgIpc) is 2.11. The molecule has 82 valence electrons. The van der Waals surface area contributed by atoms with Crippen molar-refractivity contribution < 1.29 is 5.11 Å².